The van der Waals surface area contributed by atoms with Crippen molar-refractivity contribution in [3.05, 3.63) is 0 Å². The van der Waals surface area contributed by atoms with Gasteiger partial charge in [-0.1, -0.05) is 26.2 Å². The minimum absolute atomic E-state index is 0.0533. The lowest BCUT2D eigenvalue weighted by molar-refractivity contribution is -0.128. The molecule has 5 heteroatoms. The summed E-state index contributed by atoms with van der Waals surface area (Å²) in [5, 5.41) is 3.27. The first-order valence-corrected chi connectivity index (χ1v) is 9.58. The van der Waals surface area contributed by atoms with Crippen LogP contribution in [0.3, 0.4) is 0 Å². The van der Waals surface area contributed by atoms with E-state index in [9.17, 15) is 9.59 Å². The molecule has 24 heavy (non-hydrogen) atoms. The molecule has 3 fully saturated rings. The van der Waals surface area contributed by atoms with Gasteiger partial charge < -0.3 is 10.1 Å². The summed E-state index contributed by atoms with van der Waals surface area (Å²) in [6, 6.07) is 0.271. The first-order chi connectivity index (χ1) is 11.3. The van der Waals surface area contributed by atoms with Crippen molar-refractivity contribution in [3.63, 3.8) is 0 Å². The number of piperidine rings is 1. The fourth-order valence-corrected chi connectivity index (χ4v) is 4.55. The van der Waals surface area contributed by atoms with Gasteiger partial charge in [0.2, 0.25) is 5.91 Å². The SMILES string of the molecule is CC[C@@H]1CCC[C@H](NC(=O)C23CC2CCN3C(=O)OC(C)(C)C)C1. The summed E-state index contributed by atoms with van der Waals surface area (Å²) in [5.41, 5.74) is -1.15. The summed E-state index contributed by atoms with van der Waals surface area (Å²) in [6.07, 6.45) is 7.16. The van der Waals surface area contributed by atoms with Crippen molar-refractivity contribution in [2.75, 3.05) is 6.54 Å². The van der Waals surface area contributed by atoms with Gasteiger partial charge in [-0.3, -0.25) is 9.69 Å². The summed E-state index contributed by atoms with van der Waals surface area (Å²) >= 11 is 0. The number of carbonyl (C=O) groups is 2. The van der Waals surface area contributed by atoms with Crippen molar-refractivity contribution in [1.82, 2.24) is 10.2 Å². The molecule has 0 spiro atoms. The molecule has 0 aromatic heterocycles. The first kappa shape index (κ1) is 17.6. The number of ether oxygens (including phenoxy) is 1. The van der Waals surface area contributed by atoms with Crippen LogP contribution in [-0.4, -0.2) is 40.6 Å². The topological polar surface area (TPSA) is 58.6 Å². The smallest absolute Gasteiger partial charge is 0.411 e. The van der Waals surface area contributed by atoms with E-state index in [1.54, 1.807) is 4.90 Å². The standard InChI is InChI=1S/C19H32N2O3/c1-5-13-7-6-8-15(11-13)20-16(22)19-12-14(19)9-10-21(19)17(23)24-18(2,3)4/h13-15H,5-12H2,1-4H3,(H,20,22)/t13-,14?,15+,19?/m1/s1. The summed E-state index contributed by atoms with van der Waals surface area (Å²) in [4.78, 5) is 27.2. The predicted molar refractivity (Wildman–Crippen MR) is 92.6 cm³/mol. The Morgan fingerprint density at radius 1 is 1.25 bits per heavy atom. The molecule has 1 aliphatic heterocycles. The maximum atomic E-state index is 13.0. The number of nitrogens with zero attached hydrogens (tertiary/aromatic N) is 1. The van der Waals surface area contributed by atoms with Gasteiger partial charge in [-0.25, -0.2) is 4.79 Å². The van der Waals surface area contributed by atoms with Crippen molar-refractivity contribution >= 4 is 12.0 Å². The number of hydrogen-bond acceptors (Lipinski definition) is 3. The Hall–Kier alpha value is -1.26. The Morgan fingerprint density at radius 2 is 2.00 bits per heavy atom. The normalized spacial score (nSPS) is 35.3. The Bertz CT molecular complexity index is 513. The third kappa shape index (κ3) is 3.27. The average molecular weight is 336 g/mol. The molecule has 1 N–H and O–H groups in total. The fourth-order valence-electron chi connectivity index (χ4n) is 4.55. The largest absolute Gasteiger partial charge is 0.444 e. The van der Waals surface area contributed by atoms with Crippen LogP contribution in [0.4, 0.5) is 4.79 Å². The zero-order valence-electron chi connectivity index (χ0n) is 15.6. The average Bonchev–Trinajstić information content (AvgIpc) is 3.11. The third-order valence-electron chi connectivity index (χ3n) is 5.96. The van der Waals surface area contributed by atoms with E-state index in [1.807, 2.05) is 20.8 Å². The molecule has 136 valence electrons. The van der Waals surface area contributed by atoms with E-state index in [0.29, 0.717) is 12.5 Å². The highest BCUT2D eigenvalue weighted by Crippen LogP contribution is 2.56. The minimum atomic E-state index is -0.624. The molecule has 3 aliphatic rings. The lowest BCUT2D eigenvalue weighted by Crippen LogP contribution is -2.54. The molecular weight excluding hydrogens is 304 g/mol. The highest BCUT2D eigenvalue weighted by Gasteiger charge is 2.69. The molecule has 2 amide bonds. The van der Waals surface area contributed by atoms with Crippen LogP contribution in [0.2, 0.25) is 0 Å². The van der Waals surface area contributed by atoms with Crippen LogP contribution in [-0.2, 0) is 9.53 Å². The van der Waals surface area contributed by atoms with Crippen molar-refractivity contribution in [2.45, 2.75) is 89.8 Å². The van der Waals surface area contributed by atoms with Crippen LogP contribution in [0.5, 0.6) is 0 Å². The number of rotatable bonds is 3. The monoisotopic (exact) mass is 336 g/mol. The lowest BCUT2D eigenvalue weighted by Gasteiger charge is -2.33. The van der Waals surface area contributed by atoms with Crippen molar-refractivity contribution in [3.8, 4) is 0 Å². The van der Waals surface area contributed by atoms with Crippen LogP contribution < -0.4 is 5.32 Å². The lowest BCUT2D eigenvalue weighted by atomic mass is 9.84. The van der Waals surface area contributed by atoms with Crippen LogP contribution in [0.25, 0.3) is 0 Å². The Morgan fingerprint density at radius 3 is 2.62 bits per heavy atom. The molecule has 2 unspecified atom stereocenters. The number of amides is 2. The summed E-state index contributed by atoms with van der Waals surface area (Å²) in [5.74, 6) is 1.09. The molecule has 0 radical (unpaired) electrons. The van der Waals surface area contributed by atoms with E-state index in [4.69, 9.17) is 4.74 Å². The Balaban J connectivity index is 1.64. The zero-order valence-corrected chi connectivity index (χ0v) is 15.6. The van der Waals surface area contributed by atoms with E-state index >= 15 is 0 Å². The van der Waals surface area contributed by atoms with Gasteiger partial charge in [0.15, 0.2) is 0 Å². The number of nitrogens with one attached hydrogen (secondary N) is 1. The van der Waals surface area contributed by atoms with Crippen LogP contribution in [0.15, 0.2) is 0 Å². The molecule has 0 aromatic rings. The molecular formula is C19H32N2O3. The van der Waals surface area contributed by atoms with Crippen molar-refractivity contribution in [1.29, 1.82) is 0 Å². The predicted octanol–water partition coefficient (Wildman–Crippen LogP) is 3.47. The van der Waals surface area contributed by atoms with Gasteiger partial charge in [-0.15, -0.1) is 0 Å². The maximum Gasteiger partial charge on any atom is 0.411 e. The van der Waals surface area contributed by atoms with E-state index in [2.05, 4.69) is 12.2 Å². The summed E-state index contributed by atoms with van der Waals surface area (Å²) in [7, 11) is 0. The maximum absolute atomic E-state index is 13.0. The quantitative estimate of drug-likeness (QED) is 0.858. The van der Waals surface area contributed by atoms with Crippen LogP contribution in [0.1, 0.15) is 72.6 Å². The van der Waals surface area contributed by atoms with Gasteiger partial charge in [-0.05, 0) is 58.3 Å². The molecule has 5 nitrogen and oxygen atoms in total. The van der Waals surface area contributed by atoms with E-state index in [0.717, 1.165) is 31.6 Å². The summed E-state index contributed by atoms with van der Waals surface area (Å²) in [6.45, 7) is 8.46. The highest BCUT2D eigenvalue weighted by atomic mass is 16.6. The van der Waals surface area contributed by atoms with E-state index in [1.165, 1.54) is 19.3 Å². The van der Waals surface area contributed by atoms with E-state index in [-0.39, 0.29) is 18.0 Å². The molecule has 0 aromatic carbocycles. The molecule has 3 rings (SSSR count). The van der Waals surface area contributed by atoms with Crippen LogP contribution in [0, 0.1) is 11.8 Å². The van der Waals surface area contributed by atoms with Gasteiger partial charge in [0.25, 0.3) is 0 Å². The molecule has 4 atom stereocenters. The minimum Gasteiger partial charge on any atom is -0.444 e. The molecule has 1 saturated heterocycles. The highest BCUT2D eigenvalue weighted by molar-refractivity contribution is 5.94. The second-order valence-corrected chi connectivity index (χ2v) is 8.86. The Kier molecular flexibility index (Phi) is 4.56. The Labute approximate surface area is 145 Å². The second-order valence-electron chi connectivity index (χ2n) is 8.86. The van der Waals surface area contributed by atoms with Crippen LogP contribution >= 0.6 is 0 Å². The molecule has 2 saturated carbocycles. The van der Waals surface area contributed by atoms with Crippen molar-refractivity contribution < 1.29 is 14.3 Å². The fraction of sp³-hybridized carbons (Fsp3) is 0.895. The van der Waals surface area contributed by atoms with Gasteiger partial charge in [0.05, 0.1) is 0 Å². The molecule has 1 heterocycles. The van der Waals surface area contributed by atoms with Gasteiger partial charge in [-0.2, -0.15) is 0 Å². The third-order valence-corrected chi connectivity index (χ3v) is 5.96. The number of hydrogen-bond donors (Lipinski definition) is 1. The number of likely N-dealkylation sites (tertiary alicyclic amines) is 1. The molecule has 0 bridgehead atoms. The number of fused-ring (bicyclic) bond motifs is 1. The summed E-state index contributed by atoms with van der Waals surface area (Å²) < 4.78 is 5.53. The van der Waals surface area contributed by atoms with Gasteiger partial charge >= 0.3 is 6.09 Å². The zero-order chi connectivity index (χ0) is 17.5. The second kappa shape index (κ2) is 6.23. The van der Waals surface area contributed by atoms with E-state index < -0.39 is 11.1 Å². The first-order valence-electron chi connectivity index (χ1n) is 9.58. The van der Waals surface area contributed by atoms with Gasteiger partial charge in [0, 0.05) is 12.6 Å². The molecule has 2 aliphatic carbocycles. The van der Waals surface area contributed by atoms with Gasteiger partial charge in [0.1, 0.15) is 11.1 Å². The van der Waals surface area contributed by atoms with Crippen molar-refractivity contribution in [2.24, 2.45) is 11.8 Å². The number of carbonyl (C=O) groups excluding carboxylic acids is 2.